The van der Waals surface area contributed by atoms with Crippen molar-refractivity contribution >= 4 is 15.7 Å². The Kier molecular flexibility index (Phi) is 4.20. The van der Waals surface area contributed by atoms with Crippen LogP contribution in [0.3, 0.4) is 0 Å². The number of nitrogens with one attached hydrogen (secondary N) is 2. The van der Waals surface area contributed by atoms with E-state index in [1.54, 1.807) is 30.5 Å². The normalized spacial score (nSPS) is 11.4. The number of hydrogen-bond acceptors (Lipinski definition) is 5. The summed E-state index contributed by atoms with van der Waals surface area (Å²) in [5, 5.41) is 0. The number of hydrogen-bond donors (Lipinski definition) is 3. The number of anilines is 1. The van der Waals surface area contributed by atoms with Crippen molar-refractivity contribution in [2.45, 2.75) is 11.3 Å². The molecule has 0 aliphatic rings. The van der Waals surface area contributed by atoms with E-state index in [1.165, 1.54) is 12.1 Å². The first-order valence-corrected chi connectivity index (χ1v) is 7.19. The van der Waals surface area contributed by atoms with Crippen LogP contribution in [-0.4, -0.2) is 15.0 Å². The number of rotatable bonds is 6. The molecule has 1 heterocycles. The lowest BCUT2D eigenvalue weighted by molar-refractivity contribution is 0.506. The molecule has 2 rings (SSSR count). The van der Waals surface area contributed by atoms with Crippen LogP contribution in [0.15, 0.2) is 52.0 Å². The van der Waals surface area contributed by atoms with Crippen LogP contribution in [0.5, 0.6) is 0 Å². The molecule has 0 aliphatic carbocycles. The van der Waals surface area contributed by atoms with Gasteiger partial charge in [-0.25, -0.2) is 13.1 Å². The fraction of sp³-hybridized carbons (Fsp3) is 0.167. The van der Waals surface area contributed by atoms with E-state index in [1.807, 2.05) is 0 Å². The number of benzene rings is 1. The summed E-state index contributed by atoms with van der Waals surface area (Å²) in [5.41, 5.74) is 3.09. The third-order valence-corrected chi connectivity index (χ3v) is 4.05. The maximum atomic E-state index is 12.0. The Balaban J connectivity index is 1.97. The van der Waals surface area contributed by atoms with Gasteiger partial charge in [-0.1, -0.05) is 0 Å². The van der Waals surface area contributed by atoms with Gasteiger partial charge < -0.3 is 9.84 Å². The van der Waals surface area contributed by atoms with E-state index in [0.29, 0.717) is 12.1 Å². The summed E-state index contributed by atoms with van der Waals surface area (Å²) in [6.45, 7) is 0.284. The summed E-state index contributed by atoms with van der Waals surface area (Å²) in [6, 6.07) is 9.75. The number of nitrogen functional groups attached to an aromatic ring is 1. The van der Waals surface area contributed by atoms with Gasteiger partial charge in [0, 0.05) is 18.7 Å². The molecule has 0 radical (unpaired) electrons. The molecule has 1 aromatic carbocycles. The molecule has 7 heteroatoms. The molecule has 19 heavy (non-hydrogen) atoms. The van der Waals surface area contributed by atoms with Crippen molar-refractivity contribution in [3.63, 3.8) is 0 Å². The van der Waals surface area contributed by atoms with Gasteiger partial charge in [-0.15, -0.1) is 0 Å². The van der Waals surface area contributed by atoms with Crippen LogP contribution in [0, 0.1) is 0 Å². The summed E-state index contributed by atoms with van der Waals surface area (Å²) in [6.07, 6.45) is 2.07. The minimum Gasteiger partial charge on any atom is -0.469 e. The highest BCUT2D eigenvalue weighted by Crippen LogP contribution is 2.13. The smallest absolute Gasteiger partial charge is 0.240 e. The molecular weight excluding hydrogens is 266 g/mol. The largest absolute Gasteiger partial charge is 0.469 e. The molecule has 0 saturated heterocycles. The minimum atomic E-state index is -3.50. The summed E-state index contributed by atoms with van der Waals surface area (Å²) < 4.78 is 31.6. The number of hydrazine groups is 1. The van der Waals surface area contributed by atoms with Gasteiger partial charge in [0.05, 0.1) is 11.2 Å². The van der Waals surface area contributed by atoms with Crippen molar-refractivity contribution in [2.24, 2.45) is 5.84 Å². The predicted molar refractivity (Wildman–Crippen MR) is 71.9 cm³/mol. The van der Waals surface area contributed by atoms with E-state index >= 15 is 0 Å². The monoisotopic (exact) mass is 281 g/mol. The molecule has 4 N–H and O–H groups in total. The molecule has 6 nitrogen and oxygen atoms in total. The van der Waals surface area contributed by atoms with Gasteiger partial charge in [-0.3, -0.25) is 5.84 Å². The topological polar surface area (TPSA) is 97.4 Å². The van der Waals surface area contributed by atoms with Crippen LogP contribution < -0.4 is 16.0 Å². The molecule has 0 bridgehead atoms. The summed E-state index contributed by atoms with van der Waals surface area (Å²) >= 11 is 0. The van der Waals surface area contributed by atoms with Crippen molar-refractivity contribution in [3.05, 3.63) is 48.4 Å². The van der Waals surface area contributed by atoms with Crippen LogP contribution in [0.2, 0.25) is 0 Å². The van der Waals surface area contributed by atoms with E-state index < -0.39 is 10.0 Å². The van der Waals surface area contributed by atoms with Crippen molar-refractivity contribution < 1.29 is 12.8 Å². The lowest BCUT2D eigenvalue weighted by Crippen LogP contribution is -2.25. The third kappa shape index (κ3) is 3.57. The quantitative estimate of drug-likeness (QED) is 0.544. The van der Waals surface area contributed by atoms with Crippen molar-refractivity contribution in [3.8, 4) is 0 Å². The van der Waals surface area contributed by atoms with Gasteiger partial charge in [0.25, 0.3) is 0 Å². The van der Waals surface area contributed by atoms with E-state index in [0.717, 1.165) is 5.76 Å². The lowest BCUT2D eigenvalue weighted by Gasteiger charge is -2.06. The van der Waals surface area contributed by atoms with Gasteiger partial charge >= 0.3 is 0 Å². The Morgan fingerprint density at radius 1 is 1.16 bits per heavy atom. The first kappa shape index (κ1) is 13.6. The standard InChI is InChI=1S/C12H15N3O3S/c13-15-10-3-5-12(6-4-10)19(16,17)14-8-7-11-2-1-9-18-11/h1-6,9,14-15H,7-8,13H2. The highest BCUT2D eigenvalue weighted by Gasteiger charge is 2.13. The van der Waals surface area contributed by atoms with Gasteiger partial charge in [0.15, 0.2) is 0 Å². The maximum Gasteiger partial charge on any atom is 0.240 e. The Morgan fingerprint density at radius 3 is 2.47 bits per heavy atom. The fourth-order valence-electron chi connectivity index (χ4n) is 1.58. The maximum absolute atomic E-state index is 12.0. The molecular formula is C12H15N3O3S. The van der Waals surface area contributed by atoms with Gasteiger partial charge in [0.2, 0.25) is 10.0 Å². The molecule has 0 atom stereocenters. The van der Waals surface area contributed by atoms with E-state index in [4.69, 9.17) is 10.3 Å². The van der Waals surface area contributed by atoms with Crippen molar-refractivity contribution in [1.29, 1.82) is 0 Å². The Labute approximate surface area is 111 Å². The number of furan rings is 1. The van der Waals surface area contributed by atoms with Crippen LogP contribution in [-0.2, 0) is 16.4 Å². The SMILES string of the molecule is NNc1ccc(S(=O)(=O)NCCc2ccco2)cc1. The van der Waals surface area contributed by atoms with Crippen LogP contribution >= 0.6 is 0 Å². The number of sulfonamides is 1. The lowest BCUT2D eigenvalue weighted by atomic mass is 10.3. The van der Waals surface area contributed by atoms with E-state index in [-0.39, 0.29) is 11.4 Å². The summed E-state index contributed by atoms with van der Waals surface area (Å²) in [5.74, 6) is 5.96. The van der Waals surface area contributed by atoms with Gasteiger partial charge in [0.1, 0.15) is 5.76 Å². The Morgan fingerprint density at radius 2 is 1.89 bits per heavy atom. The summed E-state index contributed by atoms with van der Waals surface area (Å²) in [4.78, 5) is 0.200. The first-order valence-electron chi connectivity index (χ1n) is 5.70. The Bertz CT molecular complexity index is 606. The van der Waals surface area contributed by atoms with Crippen LogP contribution in [0.4, 0.5) is 5.69 Å². The Hall–Kier alpha value is -1.83. The molecule has 0 spiro atoms. The zero-order chi connectivity index (χ0) is 13.7. The molecule has 2 aromatic rings. The molecule has 0 saturated carbocycles. The molecule has 102 valence electrons. The second-order valence-corrected chi connectivity index (χ2v) is 5.66. The highest BCUT2D eigenvalue weighted by atomic mass is 32.2. The second-order valence-electron chi connectivity index (χ2n) is 3.90. The first-order chi connectivity index (χ1) is 9.12. The predicted octanol–water partition coefficient (Wildman–Crippen LogP) is 1.09. The highest BCUT2D eigenvalue weighted by molar-refractivity contribution is 7.89. The minimum absolute atomic E-state index is 0.200. The van der Waals surface area contributed by atoms with E-state index in [9.17, 15) is 8.42 Å². The van der Waals surface area contributed by atoms with Gasteiger partial charge in [-0.2, -0.15) is 0 Å². The van der Waals surface area contributed by atoms with Crippen molar-refractivity contribution in [2.75, 3.05) is 12.0 Å². The molecule has 1 aromatic heterocycles. The van der Waals surface area contributed by atoms with Crippen molar-refractivity contribution in [1.82, 2.24) is 4.72 Å². The second kappa shape index (κ2) is 5.87. The molecule has 0 fully saturated rings. The number of nitrogens with two attached hydrogens (primary N) is 1. The molecule has 0 amide bonds. The fourth-order valence-corrected chi connectivity index (χ4v) is 2.61. The third-order valence-electron chi connectivity index (χ3n) is 2.57. The summed E-state index contributed by atoms with van der Waals surface area (Å²) in [7, 11) is -3.50. The molecule has 0 aliphatic heterocycles. The van der Waals surface area contributed by atoms with E-state index in [2.05, 4.69) is 10.1 Å². The molecule has 0 unspecified atom stereocenters. The zero-order valence-corrected chi connectivity index (χ0v) is 11.0. The zero-order valence-electron chi connectivity index (χ0n) is 10.2. The van der Waals surface area contributed by atoms with Crippen LogP contribution in [0.1, 0.15) is 5.76 Å². The average Bonchev–Trinajstić information content (AvgIpc) is 2.92. The average molecular weight is 281 g/mol. The van der Waals surface area contributed by atoms with Gasteiger partial charge in [-0.05, 0) is 36.4 Å². The van der Waals surface area contributed by atoms with Crippen LogP contribution in [0.25, 0.3) is 0 Å².